The monoisotopic (exact) mass is 566 g/mol. The topological polar surface area (TPSA) is 89.5 Å². The van der Waals surface area contributed by atoms with E-state index in [4.69, 9.17) is 28.1 Å². The molecule has 5 fully saturated rings. The van der Waals surface area contributed by atoms with Crippen LogP contribution < -0.4 is 0 Å². The van der Waals surface area contributed by atoms with Crippen LogP contribution >= 0.6 is 0 Å². The highest BCUT2D eigenvalue weighted by Gasteiger charge is 2.86. The molecule has 8 atom stereocenters. The molecule has 9 heteroatoms. The lowest BCUT2D eigenvalue weighted by molar-refractivity contribution is -0.378. The quantitative estimate of drug-likeness (QED) is 0.295. The lowest BCUT2D eigenvalue weighted by Gasteiger charge is -2.72. The van der Waals surface area contributed by atoms with E-state index in [1.165, 1.54) is 0 Å². The van der Waals surface area contributed by atoms with E-state index in [0.717, 1.165) is 6.42 Å². The molecule has 3 heterocycles. The van der Waals surface area contributed by atoms with E-state index < -0.39 is 54.7 Å². The molecule has 2 aliphatic carbocycles. The smallest absolute Gasteiger partial charge is 0.430 e. The maximum Gasteiger partial charge on any atom is 0.509 e. The van der Waals surface area contributed by atoms with Gasteiger partial charge in [-0.2, -0.15) is 0 Å². The zero-order valence-corrected chi connectivity index (χ0v) is 27.1. The first-order chi connectivity index (χ1) is 17.6. The van der Waals surface area contributed by atoms with Crippen molar-refractivity contribution in [2.24, 2.45) is 16.7 Å². The Morgan fingerprint density at radius 1 is 1.00 bits per heavy atom. The minimum atomic E-state index is -1.99. The van der Waals surface area contributed by atoms with E-state index in [0.29, 0.717) is 19.4 Å². The van der Waals surface area contributed by atoms with Crippen LogP contribution in [-0.4, -0.2) is 67.8 Å². The summed E-state index contributed by atoms with van der Waals surface area (Å²) >= 11 is 0. The summed E-state index contributed by atoms with van der Waals surface area (Å²) in [5, 5.41) is 0.0765. The first kappa shape index (κ1) is 29.5. The minimum absolute atomic E-state index is 0.0765. The van der Waals surface area contributed by atoms with Crippen LogP contribution in [0.3, 0.4) is 0 Å². The average Bonchev–Trinajstić information content (AvgIpc) is 3.06. The molecule has 0 unspecified atom stereocenters. The van der Waals surface area contributed by atoms with Crippen molar-refractivity contribution < 1.29 is 37.7 Å². The standard InChI is InChI=1S/C30H50O8Si/c1-24(2,3)39(11,12)33-16-15-27(8)17-18(31)30-28(9)19(34-23(32)37-30)13-14-25(4,5)21(28)20-22(29(30,10)38-27)36-26(6,7)35-20/h19-22H,13-17H2,1-12H3/t19-,20-,21-,22-,27-,28-,29+,30-/m0/s1. The van der Waals surface area contributed by atoms with E-state index in [9.17, 15) is 9.59 Å². The number of ether oxygens (including phenoxy) is 5. The van der Waals surface area contributed by atoms with Gasteiger partial charge in [0.25, 0.3) is 0 Å². The van der Waals surface area contributed by atoms with Gasteiger partial charge in [0.2, 0.25) is 5.60 Å². The number of hydrogen-bond donors (Lipinski definition) is 0. The van der Waals surface area contributed by atoms with Crippen LogP contribution in [0.15, 0.2) is 0 Å². The van der Waals surface area contributed by atoms with Crippen molar-refractivity contribution in [2.45, 2.75) is 154 Å². The van der Waals surface area contributed by atoms with Gasteiger partial charge in [-0.25, -0.2) is 4.79 Å². The summed E-state index contributed by atoms with van der Waals surface area (Å²) in [5.74, 6) is -1.16. The molecule has 3 saturated heterocycles. The first-order valence-corrected chi connectivity index (χ1v) is 17.6. The zero-order valence-electron chi connectivity index (χ0n) is 26.1. The van der Waals surface area contributed by atoms with Crippen LogP contribution in [0.2, 0.25) is 18.1 Å². The van der Waals surface area contributed by atoms with Crippen LogP contribution in [0.5, 0.6) is 0 Å². The summed E-state index contributed by atoms with van der Waals surface area (Å²) in [7, 11) is -1.99. The lowest BCUT2D eigenvalue weighted by Crippen LogP contribution is -2.88. The maximum absolute atomic E-state index is 14.7. The number of carbonyl (C=O) groups excluding carboxylic acids is 2. The Hall–Kier alpha value is -1.00. The second-order valence-electron chi connectivity index (χ2n) is 16.1. The van der Waals surface area contributed by atoms with Crippen LogP contribution in [-0.2, 0) is 32.9 Å². The predicted molar refractivity (Wildman–Crippen MR) is 148 cm³/mol. The second kappa shape index (κ2) is 8.30. The fourth-order valence-corrected chi connectivity index (χ4v) is 9.75. The van der Waals surface area contributed by atoms with Gasteiger partial charge in [0.05, 0.1) is 17.1 Å². The Morgan fingerprint density at radius 2 is 1.64 bits per heavy atom. The van der Waals surface area contributed by atoms with Crippen molar-refractivity contribution >= 4 is 20.3 Å². The van der Waals surface area contributed by atoms with Gasteiger partial charge >= 0.3 is 6.16 Å². The maximum atomic E-state index is 14.7. The van der Waals surface area contributed by atoms with Crippen LogP contribution in [0.4, 0.5) is 4.79 Å². The van der Waals surface area contributed by atoms with Gasteiger partial charge in [-0.05, 0) is 70.5 Å². The Balaban J connectivity index is 1.60. The SMILES string of the molecule is CC1(C)O[C@H]2[C@H]3C(C)(C)CC[C@@H]4OC(=O)O[C@@]5(C(=O)C[C@](C)(CCO[Si](C)(C)C(C)(C)C)O[C@]5(C)[C@H]2O1)[C@@]43C. The third-order valence-electron chi connectivity index (χ3n) is 11.4. The van der Waals surface area contributed by atoms with Crippen LogP contribution in [0, 0.1) is 16.7 Å². The highest BCUT2D eigenvalue weighted by molar-refractivity contribution is 6.74. The molecule has 3 aliphatic heterocycles. The van der Waals surface area contributed by atoms with Gasteiger partial charge in [0, 0.05) is 18.9 Å². The molecular weight excluding hydrogens is 516 g/mol. The van der Waals surface area contributed by atoms with Gasteiger partial charge in [-0.3, -0.25) is 4.79 Å². The highest BCUT2D eigenvalue weighted by Crippen LogP contribution is 2.71. The van der Waals surface area contributed by atoms with Gasteiger partial charge < -0.3 is 28.1 Å². The van der Waals surface area contributed by atoms with E-state index >= 15 is 0 Å². The molecule has 8 nitrogen and oxygen atoms in total. The summed E-state index contributed by atoms with van der Waals surface area (Å²) in [5.41, 5.74) is -4.75. The second-order valence-corrected chi connectivity index (χ2v) is 20.9. The molecule has 0 aromatic heterocycles. The van der Waals surface area contributed by atoms with E-state index in [2.05, 4.69) is 54.6 Å². The van der Waals surface area contributed by atoms with E-state index in [1.807, 2.05) is 27.7 Å². The molecule has 0 N–H and O–H groups in total. The minimum Gasteiger partial charge on any atom is -0.430 e. The molecular formula is C30H50O8Si. The number of hydrogen-bond acceptors (Lipinski definition) is 8. The molecule has 0 aromatic carbocycles. The third kappa shape index (κ3) is 3.89. The van der Waals surface area contributed by atoms with Crippen molar-refractivity contribution in [1.82, 2.24) is 0 Å². The van der Waals surface area contributed by atoms with Gasteiger partial charge in [-0.15, -0.1) is 0 Å². The van der Waals surface area contributed by atoms with Crippen molar-refractivity contribution in [2.75, 3.05) is 6.61 Å². The first-order valence-electron chi connectivity index (χ1n) is 14.7. The largest absolute Gasteiger partial charge is 0.509 e. The Kier molecular flexibility index (Phi) is 6.28. The molecule has 5 rings (SSSR count). The number of carbonyl (C=O) groups is 2. The molecule has 222 valence electrons. The Labute approximate surface area is 235 Å². The molecule has 0 radical (unpaired) electrons. The highest BCUT2D eigenvalue weighted by atomic mass is 28.4. The third-order valence-corrected chi connectivity index (χ3v) is 16.0. The molecule has 0 amide bonds. The average molecular weight is 567 g/mol. The normalized spacial score (nSPS) is 46.5. The molecule has 1 spiro atoms. The number of fused-ring (bicyclic) bond motifs is 3. The number of ketones is 1. The van der Waals surface area contributed by atoms with Crippen molar-refractivity contribution in [3.8, 4) is 0 Å². The van der Waals surface area contributed by atoms with Gasteiger partial charge in [0.1, 0.15) is 17.8 Å². The van der Waals surface area contributed by atoms with Crippen LogP contribution in [0.25, 0.3) is 0 Å². The van der Waals surface area contributed by atoms with Crippen molar-refractivity contribution in [1.29, 1.82) is 0 Å². The Morgan fingerprint density at radius 3 is 2.26 bits per heavy atom. The van der Waals surface area contributed by atoms with Gasteiger partial charge in [0.15, 0.2) is 19.9 Å². The summed E-state index contributed by atoms with van der Waals surface area (Å²) in [6.45, 7) is 25.8. The number of rotatable bonds is 4. The molecule has 0 bridgehead atoms. The zero-order chi connectivity index (χ0) is 29.2. The fourth-order valence-electron chi connectivity index (χ4n) is 8.71. The Bertz CT molecular complexity index is 1060. The summed E-state index contributed by atoms with van der Waals surface area (Å²) in [6, 6.07) is 0. The molecule has 39 heavy (non-hydrogen) atoms. The van der Waals surface area contributed by atoms with Crippen LogP contribution in [0.1, 0.15) is 94.9 Å². The predicted octanol–water partition coefficient (Wildman–Crippen LogP) is 6.16. The summed E-state index contributed by atoms with van der Waals surface area (Å²) < 4.78 is 39.0. The lowest BCUT2D eigenvalue weighted by atomic mass is 9.39. The van der Waals surface area contributed by atoms with E-state index in [-0.39, 0.29) is 34.7 Å². The van der Waals surface area contributed by atoms with Crippen molar-refractivity contribution in [3.63, 3.8) is 0 Å². The summed E-state index contributed by atoms with van der Waals surface area (Å²) in [6.07, 6.45) is -0.114. The number of Topliss-reactive ketones (excluding diaryl/α,β-unsaturated/α-hetero) is 1. The summed E-state index contributed by atoms with van der Waals surface area (Å²) in [4.78, 5) is 27.8. The molecule has 0 aromatic rings. The van der Waals surface area contributed by atoms with E-state index in [1.54, 1.807) is 0 Å². The van der Waals surface area contributed by atoms with Gasteiger partial charge in [-0.1, -0.05) is 41.5 Å². The molecule has 2 saturated carbocycles. The van der Waals surface area contributed by atoms with Crippen molar-refractivity contribution in [3.05, 3.63) is 0 Å². The fraction of sp³-hybridized carbons (Fsp3) is 0.933. The molecule has 5 aliphatic rings.